The standard InChI is InChI=1S/C24H31N5O5S/c1-24(2,3)34-23(31)28-18-10-6-9-17(18)27-19-11-14-13-25-22(30)20(14)21(29-19)26-15-7-5-8-16(12-15)35(4,32)33/h5,7-8,11-12,17-18H,6,9-10,13H2,1-4H3,(H,25,30)(H,28,31)(H2,26,27,29)/t17-,18+/m0/s1. The van der Waals surface area contributed by atoms with Crippen molar-refractivity contribution < 1.29 is 22.7 Å². The highest BCUT2D eigenvalue weighted by molar-refractivity contribution is 7.90. The number of amides is 2. The third-order valence-electron chi connectivity index (χ3n) is 5.84. The SMILES string of the molecule is CC(C)(C)OC(=O)N[C@@H]1CCC[C@@H]1Nc1cc2c(c(Nc3cccc(S(C)(=O)=O)c3)n1)C(=O)NC2. The van der Waals surface area contributed by atoms with E-state index >= 15 is 0 Å². The molecule has 1 aromatic heterocycles. The summed E-state index contributed by atoms with van der Waals surface area (Å²) < 4.78 is 29.3. The van der Waals surface area contributed by atoms with E-state index < -0.39 is 21.5 Å². The fourth-order valence-electron chi connectivity index (χ4n) is 4.31. The maximum Gasteiger partial charge on any atom is 0.407 e. The fourth-order valence-corrected chi connectivity index (χ4v) is 4.98. The van der Waals surface area contributed by atoms with Crippen LogP contribution >= 0.6 is 0 Å². The van der Waals surface area contributed by atoms with Gasteiger partial charge in [-0.1, -0.05) is 6.07 Å². The van der Waals surface area contributed by atoms with Gasteiger partial charge < -0.3 is 26.0 Å². The average molecular weight is 502 g/mol. The Morgan fingerprint density at radius 1 is 1.17 bits per heavy atom. The second-order valence-electron chi connectivity index (χ2n) is 9.93. The largest absolute Gasteiger partial charge is 0.444 e. The highest BCUT2D eigenvalue weighted by atomic mass is 32.2. The van der Waals surface area contributed by atoms with Gasteiger partial charge in [-0.15, -0.1) is 0 Å². The molecular formula is C24H31N5O5S. The zero-order valence-corrected chi connectivity index (χ0v) is 21.1. The van der Waals surface area contributed by atoms with Gasteiger partial charge >= 0.3 is 6.09 Å². The highest BCUT2D eigenvalue weighted by Gasteiger charge is 2.32. The van der Waals surface area contributed by atoms with Crippen molar-refractivity contribution in [1.29, 1.82) is 0 Å². The first kappa shape index (κ1) is 24.8. The van der Waals surface area contributed by atoms with Gasteiger partial charge in [0.05, 0.1) is 16.5 Å². The molecule has 0 saturated heterocycles. The minimum atomic E-state index is -3.39. The lowest BCUT2D eigenvalue weighted by Gasteiger charge is -2.26. The van der Waals surface area contributed by atoms with Crippen molar-refractivity contribution in [3.05, 3.63) is 41.5 Å². The van der Waals surface area contributed by atoms with Crippen LogP contribution < -0.4 is 21.3 Å². The van der Waals surface area contributed by atoms with Crippen LogP contribution in [0.3, 0.4) is 0 Å². The van der Waals surface area contributed by atoms with Crippen LogP contribution in [0.2, 0.25) is 0 Å². The minimum Gasteiger partial charge on any atom is -0.444 e. The third-order valence-corrected chi connectivity index (χ3v) is 6.95. The van der Waals surface area contributed by atoms with Crippen LogP contribution in [-0.2, 0) is 21.1 Å². The summed E-state index contributed by atoms with van der Waals surface area (Å²) in [5.74, 6) is 0.649. The Hall–Kier alpha value is -3.34. The Balaban J connectivity index is 1.57. The summed E-state index contributed by atoms with van der Waals surface area (Å²) in [5.41, 5.74) is 1.13. The summed E-state index contributed by atoms with van der Waals surface area (Å²) in [6, 6.07) is 8.02. The molecule has 35 heavy (non-hydrogen) atoms. The van der Waals surface area contributed by atoms with Gasteiger partial charge in [0.15, 0.2) is 9.84 Å². The molecule has 1 fully saturated rings. The van der Waals surface area contributed by atoms with Crippen molar-refractivity contribution in [2.75, 3.05) is 16.9 Å². The van der Waals surface area contributed by atoms with Crippen molar-refractivity contribution in [1.82, 2.24) is 15.6 Å². The molecule has 1 aliphatic heterocycles. The number of benzene rings is 1. The molecule has 1 saturated carbocycles. The lowest BCUT2D eigenvalue weighted by atomic mass is 10.1. The molecule has 10 nitrogen and oxygen atoms in total. The summed E-state index contributed by atoms with van der Waals surface area (Å²) in [6.07, 6.45) is 3.28. The van der Waals surface area contributed by atoms with Gasteiger partial charge in [0.1, 0.15) is 17.2 Å². The number of sulfone groups is 1. The predicted molar refractivity (Wildman–Crippen MR) is 133 cm³/mol. The summed E-state index contributed by atoms with van der Waals surface area (Å²) in [4.78, 5) is 29.6. The number of carbonyl (C=O) groups is 2. The van der Waals surface area contributed by atoms with Gasteiger partial charge in [0.25, 0.3) is 5.91 Å². The first-order valence-electron chi connectivity index (χ1n) is 11.5. The predicted octanol–water partition coefficient (Wildman–Crippen LogP) is 3.33. The molecule has 0 spiro atoms. The van der Waals surface area contributed by atoms with Crippen LogP contribution in [0.1, 0.15) is 56.0 Å². The molecule has 188 valence electrons. The van der Waals surface area contributed by atoms with Crippen LogP contribution in [0.5, 0.6) is 0 Å². The number of alkyl carbamates (subject to hydrolysis) is 1. The molecule has 2 aromatic rings. The number of ether oxygens (including phenoxy) is 1. The normalized spacial score (nSPS) is 19.6. The fraction of sp³-hybridized carbons (Fsp3) is 0.458. The second kappa shape index (κ2) is 9.37. The topological polar surface area (TPSA) is 139 Å². The van der Waals surface area contributed by atoms with Crippen molar-refractivity contribution >= 4 is 39.2 Å². The van der Waals surface area contributed by atoms with Gasteiger partial charge in [0.2, 0.25) is 0 Å². The molecule has 0 unspecified atom stereocenters. The number of nitrogens with one attached hydrogen (secondary N) is 4. The first-order valence-corrected chi connectivity index (χ1v) is 13.4. The molecule has 4 rings (SSSR count). The van der Waals surface area contributed by atoms with E-state index in [-0.39, 0.29) is 22.9 Å². The van der Waals surface area contributed by atoms with E-state index in [0.29, 0.717) is 29.4 Å². The van der Waals surface area contributed by atoms with Crippen LogP contribution in [0.15, 0.2) is 35.2 Å². The number of rotatable bonds is 6. The molecular weight excluding hydrogens is 470 g/mol. The molecule has 11 heteroatoms. The lowest BCUT2D eigenvalue weighted by Crippen LogP contribution is -2.45. The first-order chi connectivity index (χ1) is 16.4. The number of carbonyl (C=O) groups excluding carboxylic acids is 2. The van der Waals surface area contributed by atoms with Crippen molar-refractivity contribution in [2.45, 2.75) is 69.2 Å². The average Bonchev–Trinajstić information content (AvgIpc) is 3.32. The Bertz CT molecular complexity index is 1260. The Morgan fingerprint density at radius 2 is 1.91 bits per heavy atom. The summed E-state index contributed by atoms with van der Waals surface area (Å²) in [5, 5.41) is 12.3. The van der Waals surface area contributed by atoms with Gasteiger partial charge in [0, 0.05) is 24.5 Å². The summed E-state index contributed by atoms with van der Waals surface area (Å²) in [7, 11) is -3.39. The number of aromatic nitrogens is 1. The molecule has 2 amide bonds. The summed E-state index contributed by atoms with van der Waals surface area (Å²) >= 11 is 0. The zero-order chi connectivity index (χ0) is 25.4. The maximum atomic E-state index is 12.5. The van der Waals surface area contributed by atoms with Gasteiger partial charge in [-0.3, -0.25) is 4.79 Å². The molecule has 2 atom stereocenters. The number of hydrogen-bond donors (Lipinski definition) is 4. The van der Waals surface area contributed by atoms with E-state index in [1.807, 2.05) is 26.8 Å². The maximum absolute atomic E-state index is 12.5. The number of anilines is 3. The van der Waals surface area contributed by atoms with E-state index in [2.05, 4.69) is 26.3 Å². The molecule has 1 aromatic carbocycles. The molecule has 1 aliphatic carbocycles. The molecule has 2 heterocycles. The summed E-state index contributed by atoms with van der Waals surface area (Å²) in [6.45, 7) is 5.83. The van der Waals surface area contributed by atoms with E-state index in [1.165, 1.54) is 12.1 Å². The molecule has 0 radical (unpaired) electrons. The highest BCUT2D eigenvalue weighted by Crippen LogP contribution is 2.31. The third kappa shape index (κ3) is 6.02. The van der Waals surface area contributed by atoms with E-state index in [9.17, 15) is 18.0 Å². The quantitative estimate of drug-likeness (QED) is 0.473. The van der Waals surface area contributed by atoms with Crippen LogP contribution in [0.25, 0.3) is 0 Å². The number of pyridine rings is 1. The van der Waals surface area contributed by atoms with E-state index in [4.69, 9.17) is 4.74 Å². The number of nitrogens with zero attached hydrogens (tertiary/aromatic N) is 1. The van der Waals surface area contributed by atoms with Crippen molar-refractivity contribution in [3.63, 3.8) is 0 Å². The lowest BCUT2D eigenvalue weighted by molar-refractivity contribution is 0.0502. The molecule has 0 bridgehead atoms. The van der Waals surface area contributed by atoms with Gasteiger partial charge in [-0.05, 0) is 69.9 Å². The van der Waals surface area contributed by atoms with Crippen molar-refractivity contribution in [3.8, 4) is 0 Å². The van der Waals surface area contributed by atoms with Crippen molar-refractivity contribution in [2.24, 2.45) is 0 Å². The number of fused-ring (bicyclic) bond motifs is 1. The molecule has 2 aliphatic rings. The molecule has 4 N–H and O–H groups in total. The Labute approximate surface area is 205 Å². The van der Waals surface area contributed by atoms with E-state index in [0.717, 1.165) is 31.1 Å². The van der Waals surface area contributed by atoms with Crippen LogP contribution in [0, 0.1) is 0 Å². The Morgan fingerprint density at radius 3 is 2.63 bits per heavy atom. The van der Waals surface area contributed by atoms with Gasteiger partial charge in [-0.2, -0.15) is 0 Å². The Kier molecular flexibility index (Phi) is 6.63. The monoisotopic (exact) mass is 501 g/mol. The second-order valence-corrected chi connectivity index (χ2v) is 11.9. The zero-order valence-electron chi connectivity index (χ0n) is 20.3. The van der Waals surface area contributed by atoms with Crippen LogP contribution in [0.4, 0.5) is 22.1 Å². The van der Waals surface area contributed by atoms with Crippen LogP contribution in [-0.4, -0.2) is 49.3 Å². The van der Waals surface area contributed by atoms with E-state index in [1.54, 1.807) is 12.1 Å². The van der Waals surface area contributed by atoms with Gasteiger partial charge in [-0.25, -0.2) is 18.2 Å². The minimum absolute atomic E-state index is 0.0560. The number of hydrogen-bond acceptors (Lipinski definition) is 8. The smallest absolute Gasteiger partial charge is 0.407 e.